The first-order valence-corrected chi connectivity index (χ1v) is 18.6. The molecule has 9 heteroatoms. The van der Waals surface area contributed by atoms with Gasteiger partial charge in [0.25, 0.3) is 0 Å². The molecule has 0 fully saturated rings. The zero-order valence-electron chi connectivity index (χ0n) is 22.6. The van der Waals surface area contributed by atoms with Crippen molar-refractivity contribution in [2.24, 2.45) is 0 Å². The zero-order chi connectivity index (χ0) is 27.0. The van der Waals surface area contributed by atoms with Crippen LogP contribution in [-0.2, 0) is 39.7 Å². The van der Waals surface area contributed by atoms with E-state index in [-0.39, 0.29) is 5.41 Å². The van der Waals surface area contributed by atoms with Crippen LogP contribution in [0.5, 0.6) is 0 Å². The molecule has 5 rings (SSSR count). The Labute approximate surface area is 226 Å². The summed E-state index contributed by atoms with van der Waals surface area (Å²) in [4.78, 5) is 9.22. The van der Waals surface area contributed by atoms with Gasteiger partial charge >= 0.3 is 0 Å². The summed E-state index contributed by atoms with van der Waals surface area (Å²) in [5.74, 6) is 0. The molecular weight excluding hydrogens is 512 g/mol. The average molecular weight is 549 g/mol. The minimum Gasteiger partial charge on any atom is -0.361 e. The molecule has 0 amide bonds. The number of rotatable bonds is 10. The lowest BCUT2D eigenvalue weighted by molar-refractivity contribution is 0.0899. The monoisotopic (exact) mass is 548 g/mol. The second-order valence-electron chi connectivity index (χ2n) is 11.7. The van der Waals surface area contributed by atoms with Gasteiger partial charge < -0.3 is 9.30 Å². The summed E-state index contributed by atoms with van der Waals surface area (Å²) in [7, 11) is -4.48. The van der Waals surface area contributed by atoms with Crippen LogP contribution >= 0.6 is 0 Å². The molecule has 200 valence electrons. The molecule has 2 aromatic heterocycles. The fraction of sp³-hybridized carbons (Fsp3) is 0.379. The van der Waals surface area contributed by atoms with Gasteiger partial charge in [0.15, 0.2) is 0 Å². The van der Waals surface area contributed by atoms with E-state index < -0.39 is 18.1 Å². The quantitative estimate of drug-likeness (QED) is 0.223. The van der Waals surface area contributed by atoms with E-state index in [1.165, 1.54) is 17.4 Å². The smallest absolute Gasteiger partial charge is 0.208 e. The Balaban J connectivity index is 1.46. The summed E-state index contributed by atoms with van der Waals surface area (Å²) < 4.78 is 34.9. The van der Waals surface area contributed by atoms with Gasteiger partial charge in [-0.25, -0.2) is 23.1 Å². The van der Waals surface area contributed by atoms with E-state index in [1.807, 2.05) is 35.0 Å². The predicted octanol–water partition coefficient (Wildman–Crippen LogP) is 5.00. The molecule has 0 saturated carbocycles. The molecule has 0 aliphatic heterocycles. The van der Waals surface area contributed by atoms with Gasteiger partial charge in [-0.2, -0.15) is 0 Å². The summed E-state index contributed by atoms with van der Waals surface area (Å²) in [5, 5.41) is 0.969. The number of fused-ring (bicyclic) bond motifs is 2. The third kappa shape index (κ3) is 5.91. The Morgan fingerprint density at radius 2 is 1.76 bits per heavy atom. The average Bonchev–Trinajstić information content (AvgIpc) is 3.46. The lowest BCUT2D eigenvalue weighted by Gasteiger charge is -2.30. The van der Waals surface area contributed by atoms with Crippen molar-refractivity contribution in [2.45, 2.75) is 50.7 Å². The van der Waals surface area contributed by atoms with Crippen molar-refractivity contribution in [1.29, 1.82) is 0 Å². The fourth-order valence-electron chi connectivity index (χ4n) is 5.27. The molecule has 7 nitrogen and oxygen atoms in total. The third-order valence-electron chi connectivity index (χ3n) is 7.38. The van der Waals surface area contributed by atoms with E-state index in [1.54, 1.807) is 6.33 Å². The van der Waals surface area contributed by atoms with Gasteiger partial charge in [-0.15, -0.1) is 0 Å². The van der Waals surface area contributed by atoms with Gasteiger partial charge in [0.1, 0.15) is 18.7 Å². The highest BCUT2D eigenvalue weighted by atomic mass is 32.2. The van der Waals surface area contributed by atoms with Crippen molar-refractivity contribution in [3.63, 3.8) is 0 Å². The second-order valence-corrected chi connectivity index (χ2v) is 19.1. The molecule has 1 aliphatic rings. The molecule has 2 aromatic carbocycles. The van der Waals surface area contributed by atoms with Crippen LogP contribution < -0.4 is 4.72 Å². The highest BCUT2D eigenvalue weighted by Crippen LogP contribution is 2.41. The number of hydrogen-bond donors (Lipinski definition) is 1. The number of hydrogen-bond acceptors (Lipinski definition) is 5. The van der Waals surface area contributed by atoms with Crippen LogP contribution in [0.1, 0.15) is 16.7 Å². The van der Waals surface area contributed by atoms with Crippen molar-refractivity contribution in [2.75, 3.05) is 19.4 Å². The third-order valence-corrected chi connectivity index (χ3v) is 9.75. The minimum absolute atomic E-state index is 0.342. The molecule has 0 bridgehead atoms. The van der Waals surface area contributed by atoms with Gasteiger partial charge in [0.2, 0.25) is 10.0 Å². The first-order chi connectivity index (χ1) is 18.0. The molecule has 4 aromatic rings. The number of benzene rings is 2. The molecule has 1 N–H and O–H groups in total. The number of aromatic nitrogens is 3. The summed E-state index contributed by atoms with van der Waals surface area (Å²) >= 11 is 0. The van der Waals surface area contributed by atoms with E-state index in [0.29, 0.717) is 13.3 Å². The van der Waals surface area contributed by atoms with Crippen LogP contribution in [0.3, 0.4) is 0 Å². The summed E-state index contributed by atoms with van der Waals surface area (Å²) in [6.45, 7) is 8.60. The zero-order valence-corrected chi connectivity index (χ0v) is 24.4. The molecular formula is C29H36N4O3SSi. The Bertz CT molecular complexity index is 1530. The number of ether oxygens (including phenoxy) is 1. The molecule has 0 atom stereocenters. The van der Waals surface area contributed by atoms with Crippen LogP contribution in [0.25, 0.3) is 22.3 Å². The van der Waals surface area contributed by atoms with E-state index in [2.05, 4.69) is 64.7 Å². The molecule has 1 aliphatic carbocycles. The first kappa shape index (κ1) is 26.7. The van der Waals surface area contributed by atoms with Crippen molar-refractivity contribution < 1.29 is 13.2 Å². The van der Waals surface area contributed by atoms with Gasteiger partial charge in [0.05, 0.1) is 11.9 Å². The lowest BCUT2D eigenvalue weighted by Crippen LogP contribution is -2.41. The van der Waals surface area contributed by atoms with E-state index >= 15 is 0 Å². The maximum Gasteiger partial charge on any atom is 0.208 e. The SMILES string of the molecule is C[Si](C)(C)CCOCn1ccc2c(-c3cccc(C4(CNS(C)(=O)=O)Cc5ccccc5C4)c3)ncnc21. The maximum absolute atomic E-state index is 12.1. The molecule has 0 unspecified atom stereocenters. The Morgan fingerprint density at radius 3 is 2.45 bits per heavy atom. The summed E-state index contributed by atoms with van der Waals surface area (Å²) in [6, 6.07) is 19.9. The van der Waals surface area contributed by atoms with Crippen LogP contribution in [0, 0.1) is 0 Å². The molecule has 38 heavy (non-hydrogen) atoms. The molecule has 2 heterocycles. The van der Waals surface area contributed by atoms with Crippen molar-refractivity contribution >= 4 is 29.1 Å². The standard InChI is InChI=1S/C29H36N4O3SSi/c1-37(34,35)32-19-29(17-23-8-5-6-9-24(23)18-29)25-11-7-10-22(16-25)27-26-12-13-33(28(26)31-20-30-27)21-36-14-15-38(2,3)4/h5-13,16,20,32H,14-15,17-19,21H2,1-4H3. The van der Waals surface area contributed by atoms with Crippen molar-refractivity contribution in [3.8, 4) is 11.3 Å². The highest BCUT2D eigenvalue weighted by Gasteiger charge is 2.39. The molecule has 0 spiro atoms. The number of sulfonamides is 1. The second kappa shape index (κ2) is 10.4. The fourth-order valence-corrected chi connectivity index (χ4v) is 6.57. The molecule has 0 saturated heterocycles. The van der Waals surface area contributed by atoms with Crippen molar-refractivity contribution in [1.82, 2.24) is 19.3 Å². The van der Waals surface area contributed by atoms with Crippen LogP contribution in [0.4, 0.5) is 0 Å². The van der Waals surface area contributed by atoms with Crippen molar-refractivity contribution in [3.05, 3.63) is 83.8 Å². The summed E-state index contributed by atoms with van der Waals surface area (Å²) in [5.41, 5.74) is 5.96. The van der Waals surface area contributed by atoms with Gasteiger partial charge in [-0.1, -0.05) is 62.1 Å². The first-order valence-electron chi connectivity index (χ1n) is 13.0. The lowest BCUT2D eigenvalue weighted by atomic mass is 9.77. The maximum atomic E-state index is 12.1. The Morgan fingerprint density at radius 1 is 1.03 bits per heavy atom. The predicted molar refractivity (Wildman–Crippen MR) is 155 cm³/mol. The van der Waals surface area contributed by atoms with Crippen LogP contribution in [-0.4, -0.2) is 50.4 Å². The molecule has 0 radical (unpaired) electrons. The van der Waals surface area contributed by atoms with Crippen LogP contribution in [0.2, 0.25) is 25.7 Å². The summed E-state index contributed by atoms with van der Waals surface area (Å²) in [6.07, 6.45) is 6.39. The Hall–Kier alpha value is -2.85. The van der Waals surface area contributed by atoms with Crippen LogP contribution in [0.15, 0.2) is 67.1 Å². The Kier molecular flexibility index (Phi) is 7.30. The minimum atomic E-state index is -3.33. The normalized spacial score (nSPS) is 15.2. The largest absolute Gasteiger partial charge is 0.361 e. The van der Waals surface area contributed by atoms with Gasteiger partial charge in [-0.3, -0.25) is 0 Å². The van der Waals surface area contributed by atoms with E-state index in [0.717, 1.165) is 53.3 Å². The number of nitrogens with one attached hydrogen (secondary N) is 1. The van der Waals surface area contributed by atoms with E-state index in [9.17, 15) is 8.42 Å². The van der Waals surface area contributed by atoms with Gasteiger partial charge in [-0.05, 0) is 47.7 Å². The highest BCUT2D eigenvalue weighted by molar-refractivity contribution is 7.88. The topological polar surface area (TPSA) is 86.1 Å². The number of nitrogens with zero attached hydrogens (tertiary/aromatic N) is 3. The van der Waals surface area contributed by atoms with Gasteiger partial charge in [0, 0.05) is 43.8 Å². The van der Waals surface area contributed by atoms with E-state index in [4.69, 9.17) is 4.74 Å².